The SMILES string of the molecule is C1CCC(OC2(CNC3CC3)CCCC2)C1. The third-order valence-corrected chi connectivity index (χ3v) is 4.52. The maximum atomic E-state index is 6.48. The molecule has 0 saturated heterocycles. The summed E-state index contributed by atoms with van der Waals surface area (Å²) < 4.78 is 6.48. The molecule has 0 spiro atoms. The molecule has 16 heavy (non-hydrogen) atoms. The van der Waals surface area contributed by atoms with Crippen LogP contribution in [-0.4, -0.2) is 24.3 Å². The molecular weight excluding hydrogens is 198 g/mol. The van der Waals surface area contributed by atoms with Crippen LogP contribution in [0.25, 0.3) is 0 Å². The van der Waals surface area contributed by atoms with E-state index >= 15 is 0 Å². The Morgan fingerprint density at radius 3 is 2.25 bits per heavy atom. The Balaban J connectivity index is 1.54. The average molecular weight is 223 g/mol. The highest BCUT2D eigenvalue weighted by Crippen LogP contribution is 2.37. The van der Waals surface area contributed by atoms with Crippen molar-refractivity contribution in [3.05, 3.63) is 0 Å². The summed E-state index contributed by atoms with van der Waals surface area (Å²) in [4.78, 5) is 0. The van der Waals surface area contributed by atoms with Crippen molar-refractivity contribution in [3.63, 3.8) is 0 Å². The van der Waals surface area contributed by atoms with Crippen LogP contribution in [0.4, 0.5) is 0 Å². The maximum absolute atomic E-state index is 6.48. The minimum absolute atomic E-state index is 0.220. The molecule has 92 valence electrons. The van der Waals surface area contributed by atoms with E-state index in [9.17, 15) is 0 Å². The molecule has 0 bridgehead atoms. The molecule has 0 aromatic rings. The largest absolute Gasteiger partial charge is 0.370 e. The fourth-order valence-electron chi connectivity index (χ4n) is 3.33. The quantitative estimate of drug-likeness (QED) is 0.773. The summed E-state index contributed by atoms with van der Waals surface area (Å²) in [6, 6.07) is 0.824. The van der Waals surface area contributed by atoms with E-state index in [1.54, 1.807) is 0 Å². The molecule has 0 unspecified atom stereocenters. The summed E-state index contributed by atoms with van der Waals surface area (Å²) in [5, 5.41) is 3.69. The lowest BCUT2D eigenvalue weighted by molar-refractivity contribution is -0.0856. The minimum Gasteiger partial charge on any atom is -0.370 e. The summed E-state index contributed by atoms with van der Waals surface area (Å²) in [6.45, 7) is 1.12. The highest BCUT2D eigenvalue weighted by atomic mass is 16.5. The van der Waals surface area contributed by atoms with Crippen LogP contribution in [0.3, 0.4) is 0 Å². The Morgan fingerprint density at radius 2 is 1.62 bits per heavy atom. The molecule has 0 heterocycles. The van der Waals surface area contributed by atoms with E-state index in [-0.39, 0.29) is 5.60 Å². The van der Waals surface area contributed by atoms with E-state index in [1.807, 2.05) is 0 Å². The van der Waals surface area contributed by atoms with E-state index in [2.05, 4.69) is 5.32 Å². The number of nitrogens with one attached hydrogen (secondary N) is 1. The third kappa shape index (κ3) is 2.60. The van der Waals surface area contributed by atoms with Crippen LogP contribution in [0.5, 0.6) is 0 Å². The average Bonchev–Trinajstić information content (AvgIpc) is 2.78. The van der Waals surface area contributed by atoms with Crippen molar-refractivity contribution in [3.8, 4) is 0 Å². The number of ether oxygens (including phenoxy) is 1. The Hall–Kier alpha value is -0.0800. The molecule has 0 atom stereocenters. The fourth-order valence-corrected chi connectivity index (χ4v) is 3.33. The van der Waals surface area contributed by atoms with Gasteiger partial charge in [-0.1, -0.05) is 25.7 Å². The van der Waals surface area contributed by atoms with Gasteiger partial charge in [-0.05, 0) is 38.5 Å². The lowest BCUT2D eigenvalue weighted by atomic mass is 10.0. The van der Waals surface area contributed by atoms with Crippen molar-refractivity contribution in [1.82, 2.24) is 5.32 Å². The van der Waals surface area contributed by atoms with Gasteiger partial charge in [0.15, 0.2) is 0 Å². The predicted molar refractivity (Wildman–Crippen MR) is 65.6 cm³/mol. The molecule has 1 N–H and O–H groups in total. The van der Waals surface area contributed by atoms with Crippen molar-refractivity contribution < 1.29 is 4.74 Å². The zero-order chi connectivity index (χ0) is 10.8. The second-order valence-electron chi connectivity index (χ2n) is 6.07. The topological polar surface area (TPSA) is 21.3 Å². The fraction of sp³-hybridized carbons (Fsp3) is 1.00. The number of rotatable bonds is 5. The van der Waals surface area contributed by atoms with Gasteiger partial charge in [-0.3, -0.25) is 0 Å². The molecule has 0 radical (unpaired) electrons. The second-order valence-corrected chi connectivity index (χ2v) is 6.07. The van der Waals surface area contributed by atoms with Gasteiger partial charge < -0.3 is 10.1 Å². The smallest absolute Gasteiger partial charge is 0.0810 e. The highest BCUT2D eigenvalue weighted by molar-refractivity contribution is 4.93. The van der Waals surface area contributed by atoms with Gasteiger partial charge in [-0.2, -0.15) is 0 Å². The molecule has 3 aliphatic rings. The molecule has 0 amide bonds. The van der Waals surface area contributed by atoms with Crippen LogP contribution in [0.2, 0.25) is 0 Å². The first-order chi connectivity index (χ1) is 7.86. The van der Waals surface area contributed by atoms with E-state index in [0.717, 1.165) is 12.6 Å². The van der Waals surface area contributed by atoms with Crippen molar-refractivity contribution in [2.75, 3.05) is 6.54 Å². The summed E-state index contributed by atoms with van der Waals surface area (Å²) in [5.41, 5.74) is 0.220. The summed E-state index contributed by atoms with van der Waals surface area (Å²) in [7, 11) is 0. The Labute approximate surface area is 99.1 Å². The van der Waals surface area contributed by atoms with Crippen LogP contribution < -0.4 is 5.32 Å². The van der Waals surface area contributed by atoms with Crippen LogP contribution in [0.15, 0.2) is 0 Å². The van der Waals surface area contributed by atoms with Crippen molar-refractivity contribution in [2.45, 2.75) is 82.0 Å². The van der Waals surface area contributed by atoms with Gasteiger partial charge in [0.05, 0.1) is 11.7 Å². The molecule has 3 rings (SSSR count). The Bertz CT molecular complexity index is 225. The summed E-state index contributed by atoms with van der Waals surface area (Å²) in [5.74, 6) is 0. The molecule has 3 saturated carbocycles. The molecule has 3 fully saturated rings. The van der Waals surface area contributed by atoms with E-state index in [4.69, 9.17) is 4.74 Å². The number of hydrogen-bond acceptors (Lipinski definition) is 2. The molecule has 2 heteroatoms. The highest BCUT2D eigenvalue weighted by Gasteiger charge is 2.38. The Morgan fingerprint density at radius 1 is 0.938 bits per heavy atom. The monoisotopic (exact) mass is 223 g/mol. The second kappa shape index (κ2) is 4.66. The van der Waals surface area contributed by atoms with Gasteiger partial charge >= 0.3 is 0 Å². The molecule has 0 aliphatic heterocycles. The number of hydrogen-bond donors (Lipinski definition) is 1. The zero-order valence-electron chi connectivity index (χ0n) is 10.3. The maximum Gasteiger partial charge on any atom is 0.0810 e. The lowest BCUT2D eigenvalue weighted by Crippen LogP contribution is -2.43. The summed E-state index contributed by atoms with van der Waals surface area (Å²) >= 11 is 0. The normalized spacial score (nSPS) is 30.0. The first kappa shape index (κ1) is 11.0. The molecule has 0 aromatic carbocycles. The van der Waals surface area contributed by atoms with Gasteiger partial charge in [-0.25, -0.2) is 0 Å². The van der Waals surface area contributed by atoms with Gasteiger partial charge in [-0.15, -0.1) is 0 Å². The lowest BCUT2D eigenvalue weighted by Gasteiger charge is -2.33. The first-order valence-electron chi connectivity index (χ1n) is 7.28. The molecule has 0 aromatic heterocycles. The third-order valence-electron chi connectivity index (χ3n) is 4.52. The zero-order valence-corrected chi connectivity index (χ0v) is 10.3. The Kier molecular flexibility index (Phi) is 3.21. The van der Waals surface area contributed by atoms with Gasteiger partial charge in [0.1, 0.15) is 0 Å². The molecule has 3 aliphatic carbocycles. The molecule has 2 nitrogen and oxygen atoms in total. The van der Waals surface area contributed by atoms with Crippen LogP contribution >= 0.6 is 0 Å². The first-order valence-corrected chi connectivity index (χ1v) is 7.28. The van der Waals surface area contributed by atoms with Gasteiger partial charge in [0.2, 0.25) is 0 Å². The van der Waals surface area contributed by atoms with Crippen LogP contribution in [0.1, 0.15) is 64.2 Å². The van der Waals surface area contributed by atoms with Crippen molar-refractivity contribution in [1.29, 1.82) is 0 Å². The van der Waals surface area contributed by atoms with Crippen LogP contribution in [0, 0.1) is 0 Å². The van der Waals surface area contributed by atoms with E-state index < -0.39 is 0 Å². The molecular formula is C14H25NO. The predicted octanol–water partition coefficient (Wildman–Crippen LogP) is 3.01. The van der Waals surface area contributed by atoms with Crippen LogP contribution in [-0.2, 0) is 4.74 Å². The standard InChI is InChI=1S/C14H25NO/c1-2-6-13(5-1)16-14(9-3-4-10-14)11-15-12-7-8-12/h12-13,15H,1-11H2. The van der Waals surface area contributed by atoms with Crippen molar-refractivity contribution >= 4 is 0 Å². The summed E-state index contributed by atoms with van der Waals surface area (Å²) in [6.07, 6.45) is 14.1. The minimum atomic E-state index is 0.220. The van der Waals surface area contributed by atoms with Gasteiger partial charge in [0, 0.05) is 12.6 Å². The van der Waals surface area contributed by atoms with E-state index in [0.29, 0.717) is 6.10 Å². The van der Waals surface area contributed by atoms with Gasteiger partial charge in [0.25, 0.3) is 0 Å². The van der Waals surface area contributed by atoms with E-state index in [1.165, 1.54) is 64.2 Å². The van der Waals surface area contributed by atoms with Crippen molar-refractivity contribution in [2.24, 2.45) is 0 Å².